The number of hydrogen-bond acceptors (Lipinski definition) is 4. The maximum Gasteiger partial charge on any atom is 0.416 e. The molecule has 0 fully saturated rings. The maximum absolute atomic E-state index is 12.8. The molecule has 1 aromatic carbocycles. The SMILES string of the molecule is CC(=O)c1c(C)[nH]c(C(=O)O[C@H](C)C(=O)Nc2cc(C(F)(F)F)ccc2Cl)c1C. The van der Waals surface area contributed by atoms with Crippen molar-refractivity contribution in [3.8, 4) is 0 Å². The van der Waals surface area contributed by atoms with Crippen molar-refractivity contribution in [2.75, 3.05) is 5.32 Å². The van der Waals surface area contributed by atoms with Crippen LogP contribution in [0, 0.1) is 13.8 Å². The smallest absolute Gasteiger partial charge is 0.416 e. The van der Waals surface area contributed by atoms with Crippen molar-refractivity contribution in [3.05, 3.63) is 51.3 Å². The molecule has 1 amide bonds. The van der Waals surface area contributed by atoms with Gasteiger partial charge >= 0.3 is 12.1 Å². The van der Waals surface area contributed by atoms with Gasteiger partial charge in [0.15, 0.2) is 11.9 Å². The van der Waals surface area contributed by atoms with Gasteiger partial charge < -0.3 is 15.0 Å². The Balaban J connectivity index is 2.15. The number of Topliss-reactive ketones (excluding diaryl/α,β-unsaturated/α-hetero) is 1. The molecule has 2 rings (SSSR count). The number of benzene rings is 1. The van der Waals surface area contributed by atoms with Crippen molar-refractivity contribution >= 4 is 34.9 Å². The largest absolute Gasteiger partial charge is 0.448 e. The first-order valence-electron chi connectivity index (χ1n) is 8.41. The van der Waals surface area contributed by atoms with E-state index in [1.165, 1.54) is 13.8 Å². The number of aromatic amines is 1. The summed E-state index contributed by atoms with van der Waals surface area (Å²) in [5, 5.41) is 2.11. The van der Waals surface area contributed by atoms with Crippen LogP contribution in [0.2, 0.25) is 5.02 Å². The number of ether oxygens (including phenoxy) is 1. The Morgan fingerprint density at radius 2 is 1.83 bits per heavy atom. The first kappa shape index (κ1) is 22.5. The number of ketones is 1. The van der Waals surface area contributed by atoms with Gasteiger partial charge in [0.1, 0.15) is 5.69 Å². The lowest BCUT2D eigenvalue weighted by Gasteiger charge is -2.15. The standard InChI is InChI=1S/C19H18ClF3N2O4/c1-8-15(10(3)26)9(2)24-16(8)18(28)29-11(4)17(27)25-14-7-12(19(21,22)23)5-6-13(14)20/h5-7,11,24H,1-4H3,(H,25,27)/t11-/m1/s1. The van der Waals surface area contributed by atoms with E-state index < -0.39 is 29.7 Å². The summed E-state index contributed by atoms with van der Waals surface area (Å²) in [6, 6.07) is 2.47. The predicted molar refractivity (Wildman–Crippen MR) is 100 cm³/mol. The molecule has 0 saturated carbocycles. The van der Waals surface area contributed by atoms with Gasteiger partial charge in [-0.05, 0) is 51.5 Å². The van der Waals surface area contributed by atoms with E-state index in [0.717, 1.165) is 12.1 Å². The molecule has 156 valence electrons. The van der Waals surface area contributed by atoms with Gasteiger partial charge in [-0.25, -0.2) is 4.79 Å². The Bertz CT molecular complexity index is 983. The highest BCUT2D eigenvalue weighted by atomic mass is 35.5. The van der Waals surface area contributed by atoms with E-state index in [2.05, 4.69) is 10.3 Å². The van der Waals surface area contributed by atoms with Gasteiger partial charge in [0.2, 0.25) is 0 Å². The number of aromatic nitrogens is 1. The van der Waals surface area contributed by atoms with E-state index >= 15 is 0 Å². The number of hydrogen-bond donors (Lipinski definition) is 2. The molecule has 0 saturated heterocycles. The summed E-state index contributed by atoms with van der Waals surface area (Å²) >= 11 is 5.84. The zero-order chi connectivity index (χ0) is 22.1. The van der Waals surface area contributed by atoms with Crippen molar-refractivity contribution in [2.24, 2.45) is 0 Å². The van der Waals surface area contributed by atoms with E-state index in [0.29, 0.717) is 22.9 Å². The van der Waals surface area contributed by atoms with Crippen molar-refractivity contribution in [1.82, 2.24) is 4.98 Å². The number of alkyl halides is 3. The molecule has 0 aliphatic rings. The molecule has 1 atom stereocenters. The minimum absolute atomic E-state index is 0.0180. The Kier molecular flexibility index (Phi) is 6.42. The van der Waals surface area contributed by atoms with Crippen LogP contribution in [0.4, 0.5) is 18.9 Å². The third-order valence-electron chi connectivity index (χ3n) is 4.20. The van der Waals surface area contributed by atoms with E-state index in [1.807, 2.05) is 0 Å². The lowest BCUT2D eigenvalue weighted by molar-refractivity contribution is -0.137. The Morgan fingerprint density at radius 1 is 1.21 bits per heavy atom. The minimum Gasteiger partial charge on any atom is -0.448 e. The summed E-state index contributed by atoms with van der Waals surface area (Å²) in [6.45, 7) is 5.79. The molecule has 1 heterocycles. The molecule has 0 unspecified atom stereocenters. The molecular weight excluding hydrogens is 413 g/mol. The molecule has 0 radical (unpaired) electrons. The van der Waals surface area contributed by atoms with Gasteiger partial charge in [-0.3, -0.25) is 9.59 Å². The monoisotopic (exact) mass is 430 g/mol. The fourth-order valence-electron chi connectivity index (χ4n) is 2.79. The van der Waals surface area contributed by atoms with E-state index in [4.69, 9.17) is 16.3 Å². The Hall–Kier alpha value is -2.81. The molecule has 0 aliphatic carbocycles. The highest BCUT2D eigenvalue weighted by molar-refractivity contribution is 6.33. The number of carbonyl (C=O) groups is 3. The van der Waals surface area contributed by atoms with Crippen LogP contribution >= 0.6 is 11.6 Å². The molecule has 0 spiro atoms. The number of aryl methyl sites for hydroxylation is 1. The average molecular weight is 431 g/mol. The van der Waals surface area contributed by atoms with Crippen LogP contribution < -0.4 is 5.32 Å². The number of rotatable bonds is 5. The number of amides is 1. The Labute approximate surface area is 169 Å². The van der Waals surface area contributed by atoms with Gasteiger partial charge in [0, 0.05) is 11.3 Å². The number of carbonyl (C=O) groups excluding carboxylic acids is 3. The number of esters is 1. The van der Waals surface area contributed by atoms with E-state index in [-0.39, 0.29) is 22.2 Å². The predicted octanol–water partition coefficient (Wildman–Crippen LogP) is 4.69. The minimum atomic E-state index is -4.61. The highest BCUT2D eigenvalue weighted by Gasteiger charge is 2.31. The highest BCUT2D eigenvalue weighted by Crippen LogP contribution is 2.34. The number of anilines is 1. The van der Waals surface area contributed by atoms with Crippen molar-refractivity contribution in [3.63, 3.8) is 0 Å². The number of halogens is 4. The van der Waals surface area contributed by atoms with Crippen LogP contribution in [0.15, 0.2) is 18.2 Å². The van der Waals surface area contributed by atoms with E-state index in [1.54, 1.807) is 13.8 Å². The third kappa shape index (κ3) is 4.97. The topological polar surface area (TPSA) is 88.3 Å². The van der Waals surface area contributed by atoms with Crippen molar-refractivity contribution in [1.29, 1.82) is 0 Å². The fourth-order valence-corrected chi connectivity index (χ4v) is 2.95. The van der Waals surface area contributed by atoms with Crippen LogP contribution in [-0.2, 0) is 15.7 Å². The molecule has 1 aromatic heterocycles. The van der Waals surface area contributed by atoms with Gasteiger partial charge in [-0.2, -0.15) is 13.2 Å². The first-order chi connectivity index (χ1) is 13.3. The summed E-state index contributed by atoms with van der Waals surface area (Å²) < 4.78 is 43.6. The van der Waals surface area contributed by atoms with Gasteiger partial charge in [-0.1, -0.05) is 11.6 Å². The maximum atomic E-state index is 12.8. The quantitative estimate of drug-likeness (QED) is 0.532. The molecule has 29 heavy (non-hydrogen) atoms. The lowest BCUT2D eigenvalue weighted by atomic mass is 10.1. The third-order valence-corrected chi connectivity index (χ3v) is 4.53. The lowest BCUT2D eigenvalue weighted by Crippen LogP contribution is -2.30. The zero-order valence-electron chi connectivity index (χ0n) is 16.0. The Morgan fingerprint density at radius 3 is 2.34 bits per heavy atom. The van der Waals surface area contributed by atoms with Gasteiger partial charge in [-0.15, -0.1) is 0 Å². The second-order valence-electron chi connectivity index (χ2n) is 6.41. The number of H-pyrrole nitrogens is 1. The van der Waals surface area contributed by atoms with E-state index in [9.17, 15) is 27.6 Å². The van der Waals surface area contributed by atoms with Gasteiger partial charge in [0.25, 0.3) is 5.91 Å². The summed E-state index contributed by atoms with van der Waals surface area (Å²) in [4.78, 5) is 39.0. The second-order valence-corrected chi connectivity index (χ2v) is 6.82. The summed E-state index contributed by atoms with van der Waals surface area (Å²) in [7, 11) is 0. The van der Waals surface area contributed by atoms with Crippen molar-refractivity contribution in [2.45, 2.75) is 40.0 Å². The zero-order valence-corrected chi connectivity index (χ0v) is 16.7. The van der Waals surface area contributed by atoms with Crippen LogP contribution in [-0.4, -0.2) is 28.7 Å². The average Bonchev–Trinajstić information content (AvgIpc) is 2.90. The van der Waals surface area contributed by atoms with Crippen LogP contribution in [0.3, 0.4) is 0 Å². The van der Waals surface area contributed by atoms with Crippen LogP contribution in [0.1, 0.15) is 51.5 Å². The molecular formula is C19H18ClF3N2O4. The summed E-state index contributed by atoms with van der Waals surface area (Å²) in [5.74, 6) is -1.98. The second kappa shape index (κ2) is 8.28. The number of nitrogens with one attached hydrogen (secondary N) is 2. The van der Waals surface area contributed by atoms with Crippen LogP contribution in [0.25, 0.3) is 0 Å². The molecule has 10 heteroatoms. The normalized spacial score (nSPS) is 12.4. The first-order valence-corrected chi connectivity index (χ1v) is 8.79. The molecule has 2 N–H and O–H groups in total. The molecule has 0 aliphatic heterocycles. The van der Waals surface area contributed by atoms with Crippen LogP contribution in [0.5, 0.6) is 0 Å². The summed E-state index contributed by atoms with van der Waals surface area (Å²) in [5.41, 5.74) is -0.0196. The van der Waals surface area contributed by atoms with Crippen molar-refractivity contribution < 1.29 is 32.3 Å². The molecule has 2 aromatic rings. The fraction of sp³-hybridized carbons (Fsp3) is 0.316. The molecule has 6 nitrogen and oxygen atoms in total. The summed E-state index contributed by atoms with van der Waals surface area (Å²) in [6.07, 6.45) is -5.95. The molecule has 0 bridgehead atoms. The van der Waals surface area contributed by atoms with Gasteiger partial charge in [0.05, 0.1) is 16.3 Å².